The van der Waals surface area contributed by atoms with Gasteiger partial charge in [0.15, 0.2) is 0 Å². The molecule has 0 saturated heterocycles. The number of nitrogens with zero attached hydrogens (tertiary/aromatic N) is 1. The van der Waals surface area contributed by atoms with Crippen molar-refractivity contribution in [3.63, 3.8) is 0 Å². The molecule has 0 radical (unpaired) electrons. The molecule has 0 aliphatic carbocycles. The van der Waals surface area contributed by atoms with Crippen LogP contribution in [0, 0.1) is 0 Å². The molecule has 0 saturated carbocycles. The first kappa shape index (κ1) is 72.2. The zero-order valence-corrected chi connectivity index (χ0v) is 50.5. The summed E-state index contributed by atoms with van der Waals surface area (Å²) in [4.78, 5) is 23.4. The van der Waals surface area contributed by atoms with Crippen molar-refractivity contribution < 1.29 is 32.9 Å². The maximum absolute atomic E-state index is 13.0. The number of allylic oxidation sites excluding steroid dienone is 10. The number of unbranched alkanes of at least 4 members (excludes halogenated alkanes) is 35. The van der Waals surface area contributed by atoms with Crippen molar-refractivity contribution in [2.75, 3.05) is 40.9 Å². The number of hydrogen-bond donors (Lipinski definition) is 3. The van der Waals surface area contributed by atoms with E-state index in [9.17, 15) is 19.4 Å². The van der Waals surface area contributed by atoms with Crippen molar-refractivity contribution in [3.05, 3.63) is 60.8 Å². The van der Waals surface area contributed by atoms with E-state index in [2.05, 4.69) is 79.9 Å². The summed E-state index contributed by atoms with van der Waals surface area (Å²) in [6.07, 6.45) is 75.8. The number of likely N-dealkylation sites (N-methyl/N-ethyl adjacent to an activating group) is 1. The second-order valence-electron chi connectivity index (χ2n) is 22.8. The Hall–Kier alpha value is -1.80. The largest absolute Gasteiger partial charge is 0.472 e. The van der Waals surface area contributed by atoms with Crippen molar-refractivity contribution in [2.24, 2.45) is 0 Å². The summed E-state index contributed by atoms with van der Waals surface area (Å²) in [6.45, 7) is 4.81. The molecule has 1 amide bonds. The lowest BCUT2D eigenvalue weighted by atomic mass is 10.0. The summed E-state index contributed by atoms with van der Waals surface area (Å²) in [5, 5.41) is 14.1. The monoisotopic (exact) mass is 1060 g/mol. The molecule has 3 N–H and O–H groups in total. The van der Waals surface area contributed by atoms with Crippen molar-refractivity contribution in [1.29, 1.82) is 0 Å². The molecule has 0 rings (SSSR count). The van der Waals surface area contributed by atoms with Crippen molar-refractivity contribution >= 4 is 13.7 Å². The first-order valence-electron chi connectivity index (χ1n) is 31.7. The molecule has 0 aliphatic rings. The number of rotatable bonds is 58. The molecule has 3 atom stereocenters. The van der Waals surface area contributed by atoms with Gasteiger partial charge in [0.05, 0.1) is 39.9 Å². The molecule has 0 bridgehead atoms. The Morgan fingerprint density at radius 2 is 0.811 bits per heavy atom. The van der Waals surface area contributed by atoms with Crippen LogP contribution in [0.2, 0.25) is 0 Å². The Morgan fingerprint density at radius 1 is 0.473 bits per heavy atom. The SMILES string of the molecule is CC/C=C\C/C=C\C/C=C\C/C=C\C/C=C\CCCCCCCCCCCCCCCCCCCCCC(=O)NC(COP(=O)(O)OCC[N+](C)(C)C)C(O)CCCCCCCCCCCCCCCCCCC. The van der Waals surface area contributed by atoms with E-state index in [1.165, 1.54) is 199 Å². The summed E-state index contributed by atoms with van der Waals surface area (Å²) in [7, 11) is 1.62. The predicted octanol–water partition coefficient (Wildman–Crippen LogP) is 19.7. The second-order valence-corrected chi connectivity index (χ2v) is 24.2. The fourth-order valence-corrected chi connectivity index (χ4v) is 10.1. The van der Waals surface area contributed by atoms with Crippen LogP contribution in [0.1, 0.15) is 296 Å². The minimum absolute atomic E-state index is 0.0753. The van der Waals surface area contributed by atoms with Gasteiger partial charge >= 0.3 is 7.82 Å². The fourth-order valence-electron chi connectivity index (χ4n) is 9.37. The Morgan fingerprint density at radius 3 is 1.19 bits per heavy atom. The van der Waals surface area contributed by atoms with Gasteiger partial charge in [0.1, 0.15) is 13.2 Å². The molecular weight excluding hydrogens is 936 g/mol. The zero-order valence-electron chi connectivity index (χ0n) is 49.6. The van der Waals surface area contributed by atoms with E-state index in [1.54, 1.807) is 0 Å². The number of aliphatic hydroxyl groups excluding tert-OH is 1. The second kappa shape index (κ2) is 55.9. The molecule has 0 aromatic carbocycles. The number of phosphoric ester groups is 1. The summed E-state index contributed by atoms with van der Waals surface area (Å²) in [6, 6.07) is -0.761. The van der Waals surface area contributed by atoms with Crippen molar-refractivity contribution in [1.82, 2.24) is 5.32 Å². The van der Waals surface area contributed by atoms with Crippen LogP contribution in [0.25, 0.3) is 0 Å². The molecule has 0 fully saturated rings. The van der Waals surface area contributed by atoms with Crippen LogP contribution in [0.15, 0.2) is 60.8 Å². The number of quaternary nitrogens is 1. The van der Waals surface area contributed by atoms with Gasteiger partial charge in [-0.1, -0.05) is 293 Å². The van der Waals surface area contributed by atoms with Gasteiger partial charge < -0.3 is 19.8 Å². The van der Waals surface area contributed by atoms with E-state index >= 15 is 0 Å². The third kappa shape index (κ3) is 57.9. The normalized spacial score (nSPS) is 14.2. The number of amides is 1. The minimum atomic E-state index is -4.32. The van der Waals surface area contributed by atoms with Crippen LogP contribution in [0.4, 0.5) is 0 Å². The molecule has 0 aliphatic heterocycles. The molecular formula is C65H124N2O6P+. The summed E-state index contributed by atoms with van der Waals surface area (Å²) in [5.74, 6) is -0.141. The Balaban J connectivity index is 3.99. The highest BCUT2D eigenvalue weighted by Gasteiger charge is 2.28. The molecule has 3 unspecified atom stereocenters. The summed E-state index contributed by atoms with van der Waals surface area (Å²) < 4.78 is 23.8. The van der Waals surface area contributed by atoms with E-state index < -0.39 is 20.0 Å². The van der Waals surface area contributed by atoms with Crippen LogP contribution in [0.5, 0.6) is 0 Å². The Labute approximate surface area is 460 Å². The fraction of sp³-hybridized carbons (Fsp3) is 0.831. The average Bonchev–Trinajstić information content (AvgIpc) is 3.36. The highest BCUT2D eigenvalue weighted by atomic mass is 31.2. The van der Waals surface area contributed by atoms with Crippen LogP contribution in [-0.4, -0.2) is 73.4 Å². The van der Waals surface area contributed by atoms with Gasteiger partial charge in [-0.2, -0.15) is 0 Å². The highest BCUT2D eigenvalue weighted by molar-refractivity contribution is 7.47. The Kier molecular flexibility index (Phi) is 54.6. The molecule has 0 spiro atoms. The van der Waals surface area contributed by atoms with Crippen LogP contribution < -0.4 is 5.32 Å². The van der Waals surface area contributed by atoms with E-state index in [4.69, 9.17) is 9.05 Å². The molecule has 8 nitrogen and oxygen atoms in total. The number of phosphoric acid groups is 1. The van der Waals surface area contributed by atoms with Crippen LogP contribution in [-0.2, 0) is 18.4 Å². The third-order valence-corrected chi connectivity index (χ3v) is 15.3. The summed E-state index contributed by atoms with van der Waals surface area (Å²) >= 11 is 0. The van der Waals surface area contributed by atoms with Crippen molar-refractivity contribution in [2.45, 2.75) is 309 Å². The lowest BCUT2D eigenvalue weighted by Crippen LogP contribution is -2.46. The number of nitrogens with one attached hydrogen (secondary N) is 1. The van der Waals surface area contributed by atoms with Crippen molar-refractivity contribution in [3.8, 4) is 0 Å². The smallest absolute Gasteiger partial charge is 0.391 e. The standard InChI is InChI=1S/C65H123N2O6P/c1-6-8-10-12-14-16-18-20-22-24-25-26-27-28-29-30-31-32-33-34-35-36-37-38-39-40-41-43-45-47-49-51-53-55-57-59-65(69)66-63(62-73-74(70,71)72-61-60-67(3,4)5)64(68)58-56-54-52-50-48-46-44-42-23-21-19-17-15-13-11-9-7-2/h8,10,14,16,20,22,25-26,28-29,63-64,68H,6-7,9,11-13,15,17-19,21,23-24,27,30-62H2,1-5H3,(H-,66,69,70,71)/p+1/b10-8-,16-14-,22-20-,26-25-,29-28-. The minimum Gasteiger partial charge on any atom is -0.391 e. The molecule has 434 valence electrons. The third-order valence-electron chi connectivity index (χ3n) is 14.3. The number of carbonyl (C=O) groups is 1. The van der Waals surface area contributed by atoms with E-state index in [0.29, 0.717) is 23.9 Å². The van der Waals surface area contributed by atoms with Gasteiger partial charge in [0.25, 0.3) is 0 Å². The Bertz CT molecular complexity index is 1390. The van der Waals surface area contributed by atoms with Gasteiger partial charge in [-0.3, -0.25) is 13.8 Å². The van der Waals surface area contributed by atoms with Crippen LogP contribution in [0.3, 0.4) is 0 Å². The molecule has 0 aromatic heterocycles. The predicted molar refractivity (Wildman–Crippen MR) is 323 cm³/mol. The highest BCUT2D eigenvalue weighted by Crippen LogP contribution is 2.43. The maximum atomic E-state index is 13.0. The quantitative estimate of drug-likeness (QED) is 0.0243. The van der Waals surface area contributed by atoms with E-state index in [-0.39, 0.29) is 19.1 Å². The van der Waals surface area contributed by atoms with Gasteiger partial charge in [-0.05, 0) is 57.8 Å². The number of aliphatic hydroxyl groups is 1. The van der Waals surface area contributed by atoms with Gasteiger partial charge in [-0.25, -0.2) is 4.57 Å². The molecule has 0 aromatic rings. The zero-order chi connectivity index (χ0) is 54.2. The average molecular weight is 1060 g/mol. The summed E-state index contributed by atoms with van der Waals surface area (Å²) in [5.41, 5.74) is 0. The maximum Gasteiger partial charge on any atom is 0.472 e. The van der Waals surface area contributed by atoms with Gasteiger partial charge in [0, 0.05) is 6.42 Å². The lowest BCUT2D eigenvalue weighted by molar-refractivity contribution is -0.870. The molecule has 74 heavy (non-hydrogen) atoms. The first-order valence-corrected chi connectivity index (χ1v) is 33.1. The number of carbonyl (C=O) groups excluding carboxylic acids is 1. The van der Waals surface area contributed by atoms with E-state index in [0.717, 1.165) is 70.6 Å². The van der Waals surface area contributed by atoms with Gasteiger partial charge in [0.2, 0.25) is 5.91 Å². The molecule has 0 heterocycles. The van der Waals surface area contributed by atoms with Crippen LogP contribution >= 0.6 is 7.82 Å². The lowest BCUT2D eigenvalue weighted by Gasteiger charge is -2.26. The van der Waals surface area contributed by atoms with E-state index in [1.807, 2.05) is 21.1 Å². The molecule has 9 heteroatoms. The van der Waals surface area contributed by atoms with Gasteiger partial charge in [-0.15, -0.1) is 0 Å². The first-order chi connectivity index (χ1) is 36.0. The number of hydrogen-bond acceptors (Lipinski definition) is 5. The topological polar surface area (TPSA) is 105 Å².